The number of carbonyl (C=O) groups is 4. The molecule has 10 aliphatic carbocycles. The van der Waals surface area contributed by atoms with Crippen LogP contribution in [0, 0.1) is 125 Å². The maximum Gasteiger partial charge on any atom is 0.306 e. The fraction of sp³-hybridized carbons (Fsp3) is 0.846. The van der Waals surface area contributed by atoms with Crippen molar-refractivity contribution in [1.82, 2.24) is 0 Å². The summed E-state index contributed by atoms with van der Waals surface area (Å²) >= 11 is 0. The molecule has 0 amide bonds. The van der Waals surface area contributed by atoms with Gasteiger partial charge in [-0.2, -0.15) is 0 Å². The molecule has 0 saturated heterocycles. The van der Waals surface area contributed by atoms with E-state index in [0.29, 0.717) is 19.3 Å². The minimum absolute atomic E-state index is 0.0197. The van der Waals surface area contributed by atoms with Crippen molar-refractivity contribution >= 4 is 23.5 Å². The van der Waals surface area contributed by atoms with Crippen molar-refractivity contribution in [3.63, 3.8) is 0 Å². The molecular formula is C65H96N2O8. The van der Waals surface area contributed by atoms with Crippen molar-refractivity contribution in [1.29, 1.82) is 0 Å². The summed E-state index contributed by atoms with van der Waals surface area (Å²) in [6.07, 6.45) is 19.0. The highest BCUT2D eigenvalue weighted by molar-refractivity contribution is 6.03. The largest absolute Gasteiger partial charge is 0.481 e. The number of fused-ring (bicyclic) bond motifs is 14. The normalized spacial score (nSPS) is 49.3. The van der Waals surface area contributed by atoms with Gasteiger partial charge in [-0.3, -0.25) is 9.59 Å². The van der Waals surface area contributed by atoms with E-state index in [4.69, 9.17) is 17.9 Å². The van der Waals surface area contributed by atoms with Gasteiger partial charge in [0, 0.05) is 10.8 Å². The van der Waals surface area contributed by atoms with Gasteiger partial charge < -0.3 is 29.6 Å². The summed E-state index contributed by atoms with van der Waals surface area (Å²) in [6.45, 7) is 47.3. The van der Waals surface area contributed by atoms with E-state index in [9.17, 15) is 34.5 Å². The number of ether oxygens (including phenoxy) is 1. The molecule has 10 aliphatic rings. The number of hydrogen-bond donors (Lipinski definition) is 3. The summed E-state index contributed by atoms with van der Waals surface area (Å²) in [5, 5.41) is 34.2. The molecule has 8 fully saturated rings. The first-order valence-electron chi connectivity index (χ1n) is 29.4. The number of methoxy groups -OCH3 is 1. The Labute approximate surface area is 451 Å². The Hall–Kier alpha value is -3.34. The average molecular weight is 1030 g/mol. The zero-order chi connectivity index (χ0) is 55.5. The Kier molecular flexibility index (Phi) is 13.2. The van der Waals surface area contributed by atoms with Crippen molar-refractivity contribution in [3.05, 3.63) is 46.4 Å². The first-order chi connectivity index (χ1) is 34.5. The number of Topliss-reactive ketones (excluding diaryl/α,β-unsaturated/α-hetero) is 2. The molecule has 414 valence electrons. The Morgan fingerprint density at radius 2 is 0.907 bits per heavy atom. The van der Waals surface area contributed by atoms with Crippen LogP contribution in [0.25, 0.3) is 9.69 Å². The lowest BCUT2D eigenvalue weighted by atomic mass is 9.31. The first kappa shape index (κ1) is 56.4. The third-order valence-electron chi connectivity index (χ3n) is 26.9. The van der Waals surface area contributed by atoms with E-state index < -0.39 is 29.0 Å². The highest BCUT2D eigenvalue weighted by Gasteiger charge is 2.74. The van der Waals surface area contributed by atoms with Crippen LogP contribution in [0.3, 0.4) is 0 Å². The van der Waals surface area contributed by atoms with E-state index in [2.05, 4.69) is 78.9 Å². The van der Waals surface area contributed by atoms with Gasteiger partial charge in [0.25, 0.3) is 0 Å². The van der Waals surface area contributed by atoms with Crippen LogP contribution < -0.4 is 0 Å². The molecule has 10 rings (SSSR count). The van der Waals surface area contributed by atoms with Gasteiger partial charge in [0.05, 0.1) is 45.3 Å². The minimum atomic E-state index is -0.707. The van der Waals surface area contributed by atoms with Crippen LogP contribution in [-0.2, 0) is 23.9 Å². The third kappa shape index (κ3) is 7.80. The molecule has 10 nitrogen and oxygen atoms in total. The van der Waals surface area contributed by atoms with Gasteiger partial charge in [-0.15, -0.1) is 0 Å². The number of hydrogen-bond acceptors (Lipinski definition) is 7. The lowest BCUT2D eigenvalue weighted by Gasteiger charge is -2.73. The van der Waals surface area contributed by atoms with Gasteiger partial charge in [-0.05, 0) is 204 Å². The molecule has 0 bridgehead atoms. The van der Waals surface area contributed by atoms with Crippen LogP contribution in [-0.4, -0.2) is 58.1 Å². The van der Waals surface area contributed by atoms with E-state index >= 15 is 0 Å². The highest BCUT2D eigenvalue weighted by atomic mass is 16.5. The van der Waals surface area contributed by atoms with Gasteiger partial charge in [0.15, 0.2) is 11.6 Å². The molecule has 0 heterocycles. The quantitative estimate of drug-likeness (QED) is 0.186. The van der Waals surface area contributed by atoms with Crippen molar-refractivity contribution in [3.8, 4) is 0 Å². The highest BCUT2D eigenvalue weighted by Crippen LogP contribution is 2.79. The van der Waals surface area contributed by atoms with Gasteiger partial charge in [0.1, 0.15) is 0 Å². The van der Waals surface area contributed by atoms with Crippen LogP contribution in [0.2, 0.25) is 0 Å². The summed E-state index contributed by atoms with van der Waals surface area (Å²) in [5.41, 5.74) is -1.55. The number of esters is 1. The average Bonchev–Trinajstić information content (AvgIpc) is 3.31. The molecule has 10 heteroatoms. The number of carbonyl (C=O) groups excluding carboxylic acids is 3. The Balaban J connectivity index is 0.000000184. The summed E-state index contributed by atoms with van der Waals surface area (Å²) in [7, 11) is 1.50. The molecule has 0 radical (unpaired) electrons. The van der Waals surface area contributed by atoms with Crippen LogP contribution >= 0.6 is 0 Å². The van der Waals surface area contributed by atoms with Crippen molar-refractivity contribution in [2.75, 3.05) is 7.11 Å². The van der Waals surface area contributed by atoms with E-state index in [1.54, 1.807) is 0 Å². The second-order valence-electron chi connectivity index (χ2n) is 31.7. The predicted molar refractivity (Wildman–Crippen MR) is 291 cm³/mol. The topological polar surface area (TPSA) is 147 Å². The number of aliphatic hydroxyl groups excluding tert-OH is 2. The van der Waals surface area contributed by atoms with Crippen molar-refractivity contribution < 1.29 is 39.2 Å². The maximum atomic E-state index is 13.3. The molecule has 18 atom stereocenters. The smallest absolute Gasteiger partial charge is 0.306 e. The summed E-state index contributed by atoms with van der Waals surface area (Å²) in [5.74, 6) is 0.469. The predicted octanol–water partition coefficient (Wildman–Crippen LogP) is 13.9. The molecule has 0 aromatic rings. The van der Waals surface area contributed by atoms with E-state index in [0.717, 1.165) is 89.9 Å². The zero-order valence-corrected chi connectivity index (χ0v) is 48.9. The van der Waals surface area contributed by atoms with Crippen molar-refractivity contribution in [2.45, 2.75) is 225 Å². The second-order valence-corrected chi connectivity index (χ2v) is 31.7. The number of nitrogens with zero attached hydrogens (tertiary/aromatic N) is 2. The van der Waals surface area contributed by atoms with Crippen LogP contribution in [0.4, 0.5) is 0 Å². The lowest BCUT2D eigenvalue weighted by Crippen LogP contribution is -2.69. The number of aliphatic hydroxyl groups is 2. The molecule has 3 N–H and O–H groups in total. The lowest BCUT2D eigenvalue weighted by molar-refractivity contribution is -0.261. The van der Waals surface area contributed by atoms with Gasteiger partial charge >= 0.3 is 11.9 Å². The van der Waals surface area contributed by atoms with Crippen LogP contribution in [0.5, 0.6) is 0 Å². The minimum Gasteiger partial charge on any atom is -0.481 e. The van der Waals surface area contributed by atoms with E-state index in [-0.39, 0.29) is 137 Å². The summed E-state index contributed by atoms with van der Waals surface area (Å²) in [4.78, 5) is 58.7. The van der Waals surface area contributed by atoms with Gasteiger partial charge in [0.2, 0.25) is 11.4 Å². The number of aliphatic carboxylic acids is 1. The second kappa shape index (κ2) is 17.6. The van der Waals surface area contributed by atoms with Crippen molar-refractivity contribution in [2.24, 2.45) is 112 Å². The van der Waals surface area contributed by atoms with Gasteiger partial charge in [-0.25, -0.2) is 9.69 Å². The monoisotopic (exact) mass is 1030 g/mol. The van der Waals surface area contributed by atoms with E-state index in [1.807, 2.05) is 39.8 Å². The molecule has 0 aromatic carbocycles. The number of rotatable bonds is 4. The molecule has 0 spiro atoms. The fourth-order valence-corrected chi connectivity index (χ4v) is 22.7. The molecule has 0 unspecified atom stereocenters. The molecule has 0 aliphatic heterocycles. The van der Waals surface area contributed by atoms with Gasteiger partial charge in [-0.1, -0.05) is 109 Å². The first-order valence-corrected chi connectivity index (χ1v) is 29.4. The van der Waals surface area contributed by atoms with Crippen LogP contribution in [0.1, 0.15) is 213 Å². The number of allylic oxidation sites excluding steroid dienone is 4. The number of carboxylic acids is 1. The number of carboxylic acid groups (broad SMARTS) is 1. The SMILES string of the molecule is [C-]#[N+]C1=C[C@]2(C)[C@H]3C[C@@H](O)[C@@H]4[C@@H]5CC(C)(C)CC[C@]5(CC(=O)O)CC[C@@]4(C)[C@]3(C)CC[C@H]2C(C)(C)C1=O.[C-]#[N+]C1=C[C@]2(C)[C@H]3C[C@@H](O)[C@@H]4[C@@H]5CC(C)(C)CC[C@]5(CC(=O)OC)CC[C@@]4(C)[C@]3(C)CC[C@H]2C(C)(C)C1=O. The summed E-state index contributed by atoms with van der Waals surface area (Å²) in [6, 6.07) is 0. The summed E-state index contributed by atoms with van der Waals surface area (Å²) < 4.78 is 5.20. The zero-order valence-electron chi connectivity index (χ0n) is 48.9. The Bertz CT molecular complexity index is 2560. The maximum absolute atomic E-state index is 13.3. The number of ketones is 2. The Morgan fingerprint density at radius 1 is 0.547 bits per heavy atom. The molecule has 0 aromatic heterocycles. The van der Waals surface area contributed by atoms with E-state index in [1.165, 1.54) is 7.11 Å². The fourth-order valence-electron chi connectivity index (χ4n) is 22.7. The molecular weight excluding hydrogens is 937 g/mol. The Morgan fingerprint density at radius 3 is 1.25 bits per heavy atom. The van der Waals surface area contributed by atoms with Crippen LogP contribution in [0.15, 0.2) is 23.5 Å². The third-order valence-corrected chi connectivity index (χ3v) is 26.9. The molecule has 75 heavy (non-hydrogen) atoms. The molecule has 8 saturated carbocycles. The standard InChI is InChI=1S/C33H49NO4.C32H47NO4/c1-28(2)12-14-33(19-25(36)38-9)15-13-32(7)26(20(33)17-28)22(35)16-24-30(5)18-21(34-8)27(37)29(3,4)23(30)10-11-31(24,32)6;1-27(2)11-13-32(18-24(35)36)14-12-31(7)25(19(32)16-27)21(34)15-23-29(5)17-20(33-8)26(37)28(3,4)22(29)9-10-30(23,31)6/h18,20,22-24,26,35H,10-17,19H2,1-7,9H3;17,19,21-23,25,34H,9-16,18H2,1-7H3,(H,35,36)/t20-,22+,23-,24+,26-,30-,31+,32+,33+;19-,21+,22-,23+,25-,29-,30+,31+,32+/m00/s1.